The fourth-order valence-electron chi connectivity index (χ4n) is 14.4. The summed E-state index contributed by atoms with van der Waals surface area (Å²) < 4.78 is 2.61. The Kier molecular flexibility index (Phi) is 8.08. The lowest BCUT2D eigenvalue weighted by Crippen LogP contribution is -2.26. The Morgan fingerprint density at radius 3 is 1.11 bits per heavy atom. The van der Waals surface area contributed by atoms with Gasteiger partial charge in [-0.25, -0.2) is 0 Å². The molecule has 0 unspecified atom stereocenters. The largest absolute Gasteiger partial charge is 0.310 e. The molecule has 4 aliphatic carbocycles. The molecule has 1 heterocycles. The number of rotatable bonds is 4. The van der Waals surface area contributed by atoms with Crippen molar-refractivity contribution in [2.24, 2.45) is 0 Å². The Morgan fingerprint density at radius 2 is 0.649 bits per heavy atom. The molecule has 74 heavy (non-hydrogen) atoms. The smallest absolute Gasteiger partial charge is 0.0726 e. The second kappa shape index (κ2) is 14.8. The zero-order chi connectivity index (χ0) is 48.3. The van der Waals surface area contributed by atoms with Crippen molar-refractivity contribution in [1.29, 1.82) is 0 Å². The van der Waals surface area contributed by atoms with Gasteiger partial charge in [0, 0.05) is 42.3 Å². The zero-order valence-corrected chi connectivity index (χ0v) is 41.0. The normalized spacial score (nSPS) is 14.2. The second-order valence-electron chi connectivity index (χ2n) is 20.6. The number of thiophene rings is 1. The highest BCUT2D eigenvalue weighted by Gasteiger charge is 2.53. The number of anilines is 3. The van der Waals surface area contributed by atoms with Crippen molar-refractivity contribution in [2.45, 2.75) is 10.8 Å². The van der Waals surface area contributed by atoms with Gasteiger partial charge in [-0.2, -0.15) is 0 Å². The molecule has 0 fully saturated rings. The van der Waals surface area contributed by atoms with E-state index in [4.69, 9.17) is 0 Å². The first-order valence-corrected chi connectivity index (χ1v) is 26.6. The fourth-order valence-corrected chi connectivity index (χ4v) is 15.6. The van der Waals surface area contributed by atoms with Gasteiger partial charge < -0.3 is 4.90 Å². The topological polar surface area (TPSA) is 3.24 Å². The van der Waals surface area contributed by atoms with Crippen LogP contribution in [0.25, 0.3) is 86.6 Å². The number of hydrogen-bond donors (Lipinski definition) is 0. The molecule has 13 aromatic rings. The van der Waals surface area contributed by atoms with Crippen molar-refractivity contribution >= 4 is 59.3 Å². The summed E-state index contributed by atoms with van der Waals surface area (Å²) in [6, 6.07) is 99.2. The Labute approximate surface area is 433 Å². The van der Waals surface area contributed by atoms with Gasteiger partial charge in [-0.1, -0.05) is 218 Å². The Bertz CT molecular complexity index is 4250. The third-order valence-electron chi connectivity index (χ3n) is 17.3. The van der Waals surface area contributed by atoms with Crippen molar-refractivity contribution in [1.82, 2.24) is 0 Å². The molecule has 1 nitrogen and oxygen atoms in total. The van der Waals surface area contributed by atoms with Crippen LogP contribution >= 0.6 is 11.3 Å². The predicted molar refractivity (Wildman–Crippen MR) is 310 cm³/mol. The van der Waals surface area contributed by atoms with Crippen LogP contribution in [0.1, 0.15) is 44.5 Å². The van der Waals surface area contributed by atoms with E-state index in [2.05, 4.69) is 266 Å². The zero-order valence-electron chi connectivity index (χ0n) is 40.2. The van der Waals surface area contributed by atoms with Gasteiger partial charge >= 0.3 is 0 Å². The molecular weight excluding hydrogens is 911 g/mol. The van der Waals surface area contributed by atoms with E-state index in [9.17, 15) is 0 Å². The molecule has 0 N–H and O–H groups in total. The van der Waals surface area contributed by atoms with Crippen molar-refractivity contribution < 1.29 is 0 Å². The summed E-state index contributed by atoms with van der Waals surface area (Å²) in [5, 5.41) is 5.04. The van der Waals surface area contributed by atoms with Crippen LogP contribution in [0.5, 0.6) is 0 Å². The van der Waals surface area contributed by atoms with Crippen molar-refractivity contribution in [3.05, 3.63) is 305 Å². The van der Waals surface area contributed by atoms with E-state index in [1.54, 1.807) is 0 Å². The molecule has 0 saturated carbocycles. The molecule has 0 radical (unpaired) electrons. The molecule has 0 atom stereocenters. The summed E-state index contributed by atoms with van der Waals surface area (Å²) in [4.78, 5) is 2.61. The third-order valence-corrected chi connectivity index (χ3v) is 18.5. The lowest BCUT2D eigenvalue weighted by molar-refractivity contribution is 0.792. The van der Waals surface area contributed by atoms with Crippen molar-refractivity contribution in [2.75, 3.05) is 4.90 Å². The molecule has 0 aliphatic heterocycles. The standard InChI is InChI=1S/C72H43NS/c1-2-18-44(19-3-1)45-34-39-69-58(40-45)59-43-68(56-26-4-5-27-57(56)70(59)74-69)73(46-35-37-54-52-24-10-16-32-64(52)71(66(54)41-46)60-28-12-6-20-48(60)49-21-7-13-29-61(49)71)47-36-38-55-53-25-11-17-33-65(53)72(67(55)42-47)62-30-14-8-22-50(62)51-23-9-15-31-63(51)72/h1-43H. The predicted octanol–water partition coefficient (Wildman–Crippen LogP) is 19.0. The molecule has 2 spiro atoms. The molecular formula is C72H43NS. The fraction of sp³-hybridized carbons (Fsp3) is 0.0278. The highest BCUT2D eigenvalue weighted by Crippen LogP contribution is 2.66. The third kappa shape index (κ3) is 5.03. The van der Waals surface area contributed by atoms with Gasteiger partial charge in [0.2, 0.25) is 0 Å². The molecule has 0 bridgehead atoms. The molecule has 1 aromatic heterocycles. The summed E-state index contributed by atoms with van der Waals surface area (Å²) in [6.07, 6.45) is 0. The SMILES string of the molecule is c1ccc(-c2ccc3sc4c5ccccc5c(N(c5ccc6c(c5)C5(c7ccccc7-c7ccccc75)c5ccccc5-6)c5ccc6c(c5)C5(c7ccccc7-c7ccccc75)c5ccccc5-6)cc4c3c2)cc1. The maximum atomic E-state index is 2.61. The maximum Gasteiger partial charge on any atom is 0.0726 e. The van der Waals surface area contributed by atoms with Gasteiger partial charge in [-0.3, -0.25) is 0 Å². The molecule has 0 amide bonds. The summed E-state index contributed by atoms with van der Waals surface area (Å²) in [5.41, 5.74) is 26.0. The van der Waals surface area contributed by atoms with Gasteiger partial charge in [0.15, 0.2) is 0 Å². The van der Waals surface area contributed by atoms with E-state index in [1.807, 2.05) is 11.3 Å². The van der Waals surface area contributed by atoms with Crippen LogP contribution in [0.15, 0.2) is 261 Å². The number of fused-ring (bicyclic) bond motifs is 25. The van der Waals surface area contributed by atoms with E-state index in [1.165, 1.54) is 131 Å². The van der Waals surface area contributed by atoms with Crippen LogP contribution in [0.4, 0.5) is 17.1 Å². The minimum absolute atomic E-state index is 0.495. The summed E-state index contributed by atoms with van der Waals surface area (Å²) in [5.74, 6) is 0. The average Bonchev–Trinajstić information content (AvgIpc) is 4.24. The molecule has 12 aromatic carbocycles. The molecule has 17 rings (SSSR count). The van der Waals surface area contributed by atoms with E-state index in [0.29, 0.717) is 0 Å². The van der Waals surface area contributed by atoms with E-state index < -0.39 is 10.8 Å². The first-order valence-electron chi connectivity index (χ1n) is 25.8. The van der Waals surface area contributed by atoms with Crippen LogP contribution in [0.3, 0.4) is 0 Å². The van der Waals surface area contributed by atoms with Crippen molar-refractivity contribution in [3.8, 4) is 55.6 Å². The van der Waals surface area contributed by atoms with E-state index in [-0.39, 0.29) is 0 Å². The Hall–Kier alpha value is -9.08. The lowest BCUT2D eigenvalue weighted by atomic mass is 9.70. The van der Waals surface area contributed by atoms with Gasteiger partial charge in [-0.15, -0.1) is 11.3 Å². The van der Waals surface area contributed by atoms with Crippen LogP contribution < -0.4 is 4.90 Å². The molecule has 342 valence electrons. The quantitative estimate of drug-likeness (QED) is 0.170. The maximum absolute atomic E-state index is 2.61. The summed E-state index contributed by atoms with van der Waals surface area (Å²) in [6.45, 7) is 0. The summed E-state index contributed by atoms with van der Waals surface area (Å²) in [7, 11) is 0. The van der Waals surface area contributed by atoms with Gasteiger partial charge in [-0.05, 0) is 143 Å². The average molecular weight is 954 g/mol. The first kappa shape index (κ1) is 40.5. The number of hydrogen-bond acceptors (Lipinski definition) is 2. The Balaban J connectivity index is 0.984. The molecule has 4 aliphatic rings. The summed E-state index contributed by atoms with van der Waals surface area (Å²) >= 11 is 1.91. The highest BCUT2D eigenvalue weighted by atomic mass is 32.1. The molecule has 0 saturated heterocycles. The number of benzene rings is 12. The Morgan fingerprint density at radius 1 is 0.257 bits per heavy atom. The monoisotopic (exact) mass is 953 g/mol. The van der Waals surface area contributed by atoms with E-state index in [0.717, 1.165) is 17.1 Å². The van der Waals surface area contributed by atoms with Crippen LogP contribution in [0.2, 0.25) is 0 Å². The minimum Gasteiger partial charge on any atom is -0.310 e. The highest BCUT2D eigenvalue weighted by molar-refractivity contribution is 7.26. The van der Waals surface area contributed by atoms with Crippen molar-refractivity contribution in [3.63, 3.8) is 0 Å². The minimum atomic E-state index is -0.495. The van der Waals surface area contributed by atoms with Crippen LogP contribution in [-0.2, 0) is 10.8 Å². The van der Waals surface area contributed by atoms with Gasteiger partial charge in [0.1, 0.15) is 0 Å². The second-order valence-corrected chi connectivity index (χ2v) is 21.6. The van der Waals surface area contributed by atoms with Crippen LogP contribution in [-0.4, -0.2) is 0 Å². The van der Waals surface area contributed by atoms with Crippen LogP contribution in [0, 0.1) is 0 Å². The van der Waals surface area contributed by atoms with Gasteiger partial charge in [0.05, 0.1) is 16.5 Å². The van der Waals surface area contributed by atoms with E-state index >= 15 is 0 Å². The number of nitrogens with zero attached hydrogens (tertiary/aromatic N) is 1. The first-order chi connectivity index (χ1) is 36.7. The lowest BCUT2D eigenvalue weighted by Gasteiger charge is -2.34. The van der Waals surface area contributed by atoms with Gasteiger partial charge in [0.25, 0.3) is 0 Å². The molecule has 2 heteroatoms.